The molecule has 0 saturated carbocycles. The third-order valence-electron chi connectivity index (χ3n) is 4.44. The summed E-state index contributed by atoms with van der Waals surface area (Å²) >= 11 is 11.1. The van der Waals surface area contributed by atoms with Gasteiger partial charge in [-0.05, 0) is 16.7 Å². The Morgan fingerprint density at radius 3 is 1.14 bits per heavy atom. The van der Waals surface area contributed by atoms with Crippen LogP contribution < -0.4 is 0 Å². The highest BCUT2D eigenvalue weighted by molar-refractivity contribution is 6.61. The summed E-state index contributed by atoms with van der Waals surface area (Å²) in [5.74, 6) is 0. The zero-order valence-corrected chi connectivity index (χ0v) is 16.1. The maximum atomic E-state index is 11.7. The van der Waals surface area contributed by atoms with Gasteiger partial charge in [0.1, 0.15) is 5.41 Å². The third-order valence-corrected chi connectivity index (χ3v) is 4.62. The molecule has 0 aliphatic carbocycles. The topological polar surface area (TPSA) is 52.6 Å². The molecule has 4 nitrogen and oxygen atoms in total. The van der Waals surface area contributed by atoms with Crippen LogP contribution in [0.15, 0.2) is 91.0 Å². The molecular weight excluding hydrogens is 399 g/mol. The number of benzene rings is 3. The van der Waals surface area contributed by atoms with Crippen LogP contribution in [0.4, 0.5) is 9.59 Å². The van der Waals surface area contributed by atoms with Gasteiger partial charge in [-0.25, -0.2) is 9.59 Å². The van der Waals surface area contributed by atoms with Gasteiger partial charge < -0.3 is 9.47 Å². The molecule has 0 radical (unpaired) electrons. The van der Waals surface area contributed by atoms with Gasteiger partial charge in [0.2, 0.25) is 0 Å². The monoisotopic (exact) mass is 414 g/mol. The minimum absolute atomic E-state index is 0.730. The summed E-state index contributed by atoms with van der Waals surface area (Å²) in [4.78, 5) is 23.4. The number of rotatable bonds is 6. The van der Waals surface area contributed by atoms with E-state index in [1.807, 2.05) is 91.0 Å². The molecule has 0 bridgehead atoms. The predicted octanol–water partition coefficient (Wildman–Crippen LogP) is 6.10. The van der Waals surface area contributed by atoms with Crippen molar-refractivity contribution < 1.29 is 19.1 Å². The lowest BCUT2D eigenvalue weighted by Gasteiger charge is -2.39. The lowest BCUT2D eigenvalue weighted by atomic mass is 9.68. The van der Waals surface area contributed by atoms with Crippen LogP contribution in [-0.2, 0) is 14.9 Å². The fourth-order valence-electron chi connectivity index (χ4n) is 3.38. The second kappa shape index (κ2) is 8.91. The van der Waals surface area contributed by atoms with Crippen molar-refractivity contribution in [1.29, 1.82) is 0 Å². The molecule has 28 heavy (non-hydrogen) atoms. The molecule has 0 aromatic heterocycles. The first-order valence-corrected chi connectivity index (χ1v) is 9.19. The number of carbonyl (C=O) groups is 2. The predicted molar refractivity (Wildman–Crippen MR) is 108 cm³/mol. The average molecular weight is 415 g/mol. The van der Waals surface area contributed by atoms with E-state index >= 15 is 0 Å². The highest BCUT2D eigenvalue weighted by Crippen LogP contribution is 2.44. The number of ether oxygens (including phenoxy) is 2. The Kier molecular flexibility index (Phi) is 6.34. The van der Waals surface area contributed by atoms with Gasteiger partial charge in [-0.1, -0.05) is 91.0 Å². The summed E-state index contributed by atoms with van der Waals surface area (Å²) in [5.41, 5.74) is -1.24. The molecular formula is C22H16Cl2O4. The summed E-state index contributed by atoms with van der Waals surface area (Å²) in [6, 6.07) is 27.8. The molecule has 0 spiro atoms. The van der Waals surface area contributed by atoms with Crippen molar-refractivity contribution in [3.05, 3.63) is 108 Å². The van der Waals surface area contributed by atoms with Crippen molar-refractivity contribution >= 4 is 34.1 Å². The van der Waals surface area contributed by atoms with Gasteiger partial charge in [-0.2, -0.15) is 0 Å². The SMILES string of the molecule is O=C(Cl)OC(OC(=O)Cl)C(c1ccccc1)(c1ccccc1)c1ccccc1. The van der Waals surface area contributed by atoms with Gasteiger partial charge in [0.15, 0.2) is 0 Å². The van der Waals surface area contributed by atoms with E-state index < -0.39 is 22.6 Å². The van der Waals surface area contributed by atoms with E-state index in [4.69, 9.17) is 32.7 Å². The molecule has 0 atom stereocenters. The molecule has 0 saturated heterocycles. The largest absolute Gasteiger partial charge is 0.411 e. The molecule has 3 aromatic carbocycles. The zero-order chi connectivity index (χ0) is 20.0. The number of halogens is 2. The van der Waals surface area contributed by atoms with E-state index in [2.05, 4.69) is 0 Å². The van der Waals surface area contributed by atoms with Crippen LogP contribution in [0.5, 0.6) is 0 Å². The highest BCUT2D eigenvalue weighted by atomic mass is 35.5. The van der Waals surface area contributed by atoms with Crippen LogP contribution >= 0.6 is 23.2 Å². The number of hydrogen-bond donors (Lipinski definition) is 0. The molecule has 142 valence electrons. The zero-order valence-electron chi connectivity index (χ0n) is 14.6. The molecule has 3 aromatic rings. The van der Waals surface area contributed by atoms with Gasteiger partial charge in [-0.3, -0.25) is 0 Å². The first-order valence-electron chi connectivity index (χ1n) is 8.44. The molecule has 6 heteroatoms. The Bertz CT molecular complexity index is 818. The summed E-state index contributed by atoms with van der Waals surface area (Å²) in [7, 11) is 0. The van der Waals surface area contributed by atoms with Crippen LogP contribution in [0.25, 0.3) is 0 Å². The minimum atomic E-state index is -1.44. The Labute approximate surface area is 172 Å². The second-order valence-corrected chi connectivity index (χ2v) is 6.57. The van der Waals surface area contributed by atoms with Gasteiger partial charge in [-0.15, -0.1) is 0 Å². The standard InChI is InChI=1S/C22H16Cl2O4/c23-20(25)27-19(28-21(24)26)22(16-10-4-1-5-11-16,17-12-6-2-7-13-17)18-14-8-3-9-15-18/h1-15,19H. The molecule has 0 fully saturated rings. The smallest absolute Gasteiger partial charge is 0.406 e. The molecule has 0 N–H and O–H groups in total. The summed E-state index contributed by atoms with van der Waals surface area (Å²) in [5, 5.41) is 0. The Morgan fingerprint density at radius 2 is 0.893 bits per heavy atom. The van der Waals surface area contributed by atoms with Crippen molar-refractivity contribution in [3.63, 3.8) is 0 Å². The fraction of sp³-hybridized carbons (Fsp3) is 0.0909. The van der Waals surface area contributed by atoms with Crippen molar-refractivity contribution in [2.75, 3.05) is 0 Å². The Morgan fingerprint density at radius 1 is 0.607 bits per heavy atom. The van der Waals surface area contributed by atoms with E-state index in [1.165, 1.54) is 0 Å². The Hall–Kier alpha value is -2.82. The lowest BCUT2D eigenvalue weighted by Crippen LogP contribution is -2.46. The van der Waals surface area contributed by atoms with E-state index in [0.29, 0.717) is 0 Å². The second-order valence-electron chi connectivity index (χ2n) is 5.95. The van der Waals surface area contributed by atoms with Crippen LogP contribution in [-0.4, -0.2) is 17.1 Å². The van der Waals surface area contributed by atoms with Crippen LogP contribution in [0, 0.1) is 0 Å². The molecule has 0 aliphatic heterocycles. The maximum absolute atomic E-state index is 11.7. The molecule has 0 aliphatic rings. The number of carbonyl (C=O) groups excluding carboxylic acids is 2. The molecule has 0 unspecified atom stereocenters. The average Bonchev–Trinajstić information content (AvgIpc) is 2.70. The van der Waals surface area contributed by atoms with Crippen LogP contribution in [0.2, 0.25) is 0 Å². The maximum Gasteiger partial charge on any atom is 0.406 e. The summed E-state index contributed by atoms with van der Waals surface area (Å²) < 4.78 is 10.6. The quantitative estimate of drug-likeness (QED) is 0.277. The van der Waals surface area contributed by atoms with E-state index in [1.54, 1.807) is 0 Å². The third kappa shape index (κ3) is 4.03. The highest BCUT2D eigenvalue weighted by Gasteiger charge is 2.48. The van der Waals surface area contributed by atoms with Gasteiger partial charge in [0.05, 0.1) is 0 Å². The van der Waals surface area contributed by atoms with Gasteiger partial charge >= 0.3 is 10.9 Å². The summed E-state index contributed by atoms with van der Waals surface area (Å²) in [6.45, 7) is 0. The van der Waals surface area contributed by atoms with E-state index in [9.17, 15) is 9.59 Å². The molecule has 0 amide bonds. The summed E-state index contributed by atoms with van der Waals surface area (Å²) in [6.07, 6.45) is -1.44. The van der Waals surface area contributed by atoms with Gasteiger partial charge in [0.25, 0.3) is 6.29 Å². The minimum Gasteiger partial charge on any atom is -0.411 e. The van der Waals surface area contributed by atoms with Crippen molar-refractivity contribution in [1.82, 2.24) is 0 Å². The van der Waals surface area contributed by atoms with Crippen LogP contribution in [0.3, 0.4) is 0 Å². The normalized spacial score (nSPS) is 11.1. The van der Waals surface area contributed by atoms with E-state index in [0.717, 1.165) is 16.7 Å². The van der Waals surface area contributed by atoms with Crippen molar-refractivity contribution in [2.45, 2.75) is 11.7 Å². The van der Waals surface area contributed by atoms with Crippen LogP contribution in [0.1, 0.15) is 16.7 Å². The Balaban J connectivity index is 2.38. The fourth-order valence-corrected chi connectivity index (χ4v) is 3.54. The van der Waals surface area contributed by atoms with Crippen molar-refractivity contribution in [2.24, 2.45) is 0 Å². The van der Waals surface area contributed by atoms with E-state index in [-0.39, 0.29) is 0 Å². The molecule has 0 heterocycles. The molecule has 3 rings (SSSR count). The first-order chi connectivity index (χ1) is 13.5. The number of hydrogen-bond acceptors (Lipinski definition) is 4. The van der Waals surface area contributed by atoms with Gasteiger partial charge in [0, 0.05) is 23.2 Å². The lowest BCUT2D eigenvalue weighted by molar-refractivity contribution is -0.0745. The van der Waals surface area contributed by atoms with Crippen molar-refractivity contribution in [3.8, 4) is 0 Å². The first kappa shape index (κ1) is 19.9.